The summed E-state index contributed by atoms with van der Waals surface area (Å²) in [5.74, 6) is -0.578. The maximum absolute atomic E-state index is 12.2. The highest BCUT2D eigenvalue weighted by Crippen LogP contribution is 2.25. The molecular formula is C14H9ClN4O3. The number of fused-ring (bicyclic) bond motifs is 1. The van der Waals surface area contributed by atoms with Crippen molar-refractivity contribution in [2.45, 2.75) is 0 Å². The van der Waals surface area contributed by atoms with Crippen LogP contribution in [0, 0.1) is 10.1 Å². The van der Waals surface area contributed by atoms with E-state index in [9.17, 15) is 14.9 Å². The predicted octanol–water partition coefficient (Wildman–Crippen LogP) is 3.38. The van der Waals surface area contributed by atoms with Crippen molar-refractivity contribution < 1.29 is 9.72 Å². The van der Waals surface area contributed by atoms with Crippen LogP contribution in [-0.2, 0) is 0 Å². The van der Waals surface area contributed by atoms with Crippen LogP contribution < -0.4 is 5.32 Å². The SMILES string of the molecule is O=C(Nc1ccc2[nH]ncc2c1)c1ccc(Cl)cc1[N+](=O)[O-]. The lowest BCUT2D eigenvalue weighted by atomic mass is 10.1. The van der Waals surface area contributed by atoms with Crippen LogP contribution in [0.1, 0.15) is 10.4 Å². The summed E-state index contributed by atoms with van der Waals surface area (Å²) in [6.07, 6.45) is 1.62. The molecule has 1 amide bonds. The first kappa shape index (κ1) is 14.0. The van der Waals surface area contributed by atoms with Crippen LogP contribution in [0.4, 0.5) is 11.4 Å². The lowest BCUT2D eigenvalue weighted by molar-refractivity contribution is -0.385. The zero-order valence-corrected chi connectivity index (χ0v) is 11.8. The molecule has 0 aliphatic heterocycles. The molecule has 0 aliphatic carbocycles. The number of nitro benzene ring substituents is 1. The number of nitrogens with one attached hydrogen (secondary N) is 2. The van der Waals surface area contributed by atoms with Gasteiger partial charge in [0.2, 0.25) is 0 Å². The lowest BCUT2D eigenvalue weighted by Gasteiger charge is -2.06. The minimum Gasteiger partial charge on any atom is -0.322 e. The third-order valence-electron chi connectivity index (χ3n) is 3.10. The average molecular weight is 317 g/mol. The number of hydrogen-bond donors (Lipinski definition) is 2. The molecule has 0 aliphatic rings. The second-order valence-corrected chi connectivity index (χ2v) is 4.98. The Hall–Kier alpha value is -2.93. The van der Waals surface area contributed by atoms with Crippen molar-refractivity contribution in [2.75, 3.05) is 5.32 Å². The Kier molecular flexibility index (Phi) is 3.48. The lowest BCUT2D eigenvalue weighted by Crippen LogP contribution is -2.13. The molecule has 0 radical (unpaired) electrons. The number of anilines is 1. The quantitative estimate of drug-likeness (QED) is 0.571. The molecular weight excluding hydrogens is 308 g/mol. The van der Waals surface area contributed by atoms with Gasteiger partial charge in [0.1, 0.15) is 5.56 Å². The second-order valence-electron chi connectivity index (χ2n) is 4.54. The molecule has 0 saturated carbocycles. The number of H-pyrrole nitrogens is 1. The van der Waals surface area contributed by atoms with E-state index in [4.69, 9.17) is 11.6 Å². The van der Waals surface area contributed by atoms with E-state index in [0.29, 0.717) is 5.69 Å². The average Bonchev–Trinajstić information content (AvgIpc) is 2.94. The van der Waals surface area contributed by atoms with Crippen molar-refractivity contribution >= 4 is 39.8 Å². The molecule has 0 saturated heterocycles. The number of amides is 1. The van der Waals surface area contributed by atoms with Gasteiger partial charge in [-0.2, -0.15) is 5.10 Å². The number of benzene rings is 2. The molecule has 0 unspecified atom stereocenters. The van der Waals surface area contributed by atoms with E-state index < -0.39 is 10.8 Å². The minimum absolute atomic E-state index is 0.0540. The van der Waals surface area contributed by atoms with Crippen LogP contribution in [0.2, 0.25) is 5.02 Å². The molecule has 8 heteroatoms. The Morgan fingerprint density at radius 2 is 2.09 bits per heavy atom. The monoisotopic (exact) mass is 316 g/mol. The summed E-state index contributed by atoms with van der Waals surface area (Å²) in [6.45, 7) is 0. The Balaban J connectivity index is 1.92. The molecule has 0 spiro atoms. The summed E-state index contributed by atoms with van der Waals surface area (Å²) in [4.78, 5) is 22.6. The van der Waals surface area contributed by atoms with Crippen molar-refractivity contribution in [1.29, 1.82) is 0 Å². The number of aromatic nitrogens is 2. The first-order chi connectivity index (χ1) is 10.5. The molecule has 0 fully saturated rings. The third kappa shape index (κ3) is 2.61. The van der Waals surface area contributed by atoms with Crippen LogP contribution in [0.3, 0.4) is 0 Å². The summed E-state index contributed by atoms with van der Waals surface area (Å²) in [5, 5.41) is 21.4. The van der Waals surface area contributed by atoms with E-state index in [-0.39, 0.29) is 16.3 Å². The van der Waals surface area contributed by atoms with E-state index in [2.05, 4.69) is 15.5 Å². The molecule has 0 bridgehead atoms. The maximum atomic E-state index is 12.2. The number of carbonyl (C=O) groups is 1. The zero-order chi connectivity index (χ0) is 15.7. The van der Waals surface area contributed by atoms with Crippen LogP contribution >= 0.6 is 11.6 Å². The third-order valence-corrected chi connectivity index (χ3v) is 3.33. The first-order valence-electron chi connectivity index (χ1n) is 6.23. The van der Waals surface area contributed by atoms with Gasteiger partial charge in [-0.15, -0.1) is 0 Å². The van der Waals surface area contributed by atoms with Gasteiger partial charge in [0.15, 0.2) is 0 Å². The van der Waals surface area contributed by atoms with Gasteiger partial charge in [-0.1, -0.05) is 11.6 Å². The standard InChI is InChI=1S/C14H9ClN4O3/c15-9-1-3-11(13(6-9)19(21)22)14(20)17-10-2-4-12-8(5-10)7-16-18-12/h1-7H,(H,16,18)(H,17,20). The maximum Gasteiger partial charge on any atom is 0.283 e. The molecule has 2 N–H and O–H groups in total. The normalized spacial score (nSPS) is 10.6. The molecule has 110 valence electrons. The molecule has 3 rings (SSSR count). The first-order valence-corrected chi connectivity index (χ1v) is 6.61. The van der Waals surface area contributed by atoms with E-state index in [0.717, 1.165) is 17.0 Å². The van der Waals surface area contributed by atoms with Crippen LogP contribution in [0.5, 0.6) is 0 Å². The van der Waals surface area contributed by atoms with Gasteiger partial charge >= 0.3 is 0 Å². The molecule has 22 heavy (non-hydrogen) atoms. The predicted molar refractivity (Wildman–Crippen MR) is 82.2 cm³/mol. The Morgan fingerprint density at radius 1 is 1.27 bits per heavy atom. The van der Waals surface area contributed by atoms with E-state index in [1.54, 1.807) is 24.4 Å². The molecule has 3 aromatic rings. The summed E-state index contributed by atoms with van der Waals surface area (Å²) < 4.78 is 0. The van der Waals surface area contributed by atoms with Gasteiger partial charge in [-0.3, -0.25) is 20.0 Å². The zero-order valence-electron chi connectivity index (χ0n) is 11.0. The number of rotatable bonds is 3. The van der Waals surface area contributed by atoms with Crippen LogP contribution in [0.15, 0.2) is 42.6 Å². The van der Waals surface area contributed by atoms with Gasteiger partial charge in [-0.05, 0) is 30.3 Å². The largest absolute Gasteiger partial charge is 0.322 e. The molecule has 2 aromatic carbocycles. The number of nitro groups is 1. The Labute approximate surface area is 129 Å². The summed E-state index contributed by atoms with van der Waals surface area (Å²) in [6, 6.07) is 9.07. The highest BCUT2D eigenvalue weighted by Gasteiger charge is 2.20. The Morgan fingerprint density at radius 3 is 2.86 bits per heavy atom. The number of hydrogen-bond acceptors (Lipinski definition) is 4. The van der Waals surface area contributed by atoms with Gasteiger partial charge in [0.05, 0.1) is 16.6 Å². The fourth-order valence-electron chi connectivity index (χ4n) is 2.07. The van der Waals surface area contributed by atoms with Crippen molar-refractivity contribution in [3.63, 3.8) is 0 Å². The van der Waals surface area contributed by atoms with Crippen molar-refractivity contribution in [2.24, 2.45) is 0 Å². The van der Waals surface area contributed by atoms with Gasteiger partial charge < -0.3 is 5.32 Å². The molecule has 0 atom stereocenters. The summed E-state index contributed by atoms with van der Waals surface area (Å²) in [5.41, 5.74) is 0.953. The number of carbonyl (C=O) groups excluding carboxylic acids is 1. The fourth-order valence-corrected chi connectivity index (χ4v) is 2.23. The highest BCUT2D eigenvalue weighted by molar-refractivity contribution is 6.31. The van der Waals surface area contributed by atoms with Gasteiger partial charge in [-0.25, -0.2) is 0 Å². The van der Waals surface area contributed by atoms with E-state index in [1.165, 1.54) is 12.1 Å². The van der Waals surface area contributed by atoms with Gasteiger partial charge in [0.25, 0.3) is 11.6 Å². The smallest absolute Gasteiger partial charge is 0.283 e. The Bertz CT molecular complexity index is 891. The molecule has 1 heterocycles. The highest BCUT2D eigenvalue weighted by atomic mass is 35.5. The van der Waals surface area contributed by atoms with Gasteiger partial charge in [0, 0.05) is 22.2 Å². The topological polar surface area (TPSA) is 101 Å². The second kappa shape index (κ2) is 5.45. The van der Waals surface area contributed by atoms with Crippen molar-refractivity contribution in [1.82, 2.24) is 10.2 Å². The van der Waals surface area contributed by atoms with E-state index >= 15 is 0 Å². The molecule has 1 aromatic heterocycles. The van der Waals surface area contributed by atoms with E-state index in [1.807, 2.05) is 0 Å². The summed E-state index contributed by atoms with van der Waals surface area (Å²) in [7, 11) is 0. The minimum atomic E-state index is -0.639. The van der Waals surface area contributed by atoms with Crippen molar-refractivity contribution in [3.8, 4) is 0 Å². The van der Waals surface area contributed by atoms with Crippen LogP contribution in [-0.4, -0.2) is 21.0 Å². The molecule has 7 nitrogen and oxygen atoms in total. The summed E-state index contributed by atoms with van der Waals surface area (Å²) >= 11 is 5.73. The van der Waals surface area contributed by atoms with Crippen LogP contribution in [0.25, 0.3) is 10.9 Å². The number of nitrogens with zero attached hydrogens (tertiary/aromatic N) is 2. The number of aromatic amines is 1. The number of halogens is 1. The fraction of sp³-hybridized carbons (Fsp3) is 0. The van der Waals surface area contributed by atoms with Crippen molar-refractivity contribution in [3.05, 3.63) is 63.3 Å².